The number of amides is 4. The van der Waals surface area contributed by atoms with Crippen LogP contribution in [0.2, 0.25) is 0 Å². The summed E-state index contributed by atoms with van der Waals surface area (Å²) in [5.74, 6) is -0.648. The quantitative estimate of drug-likeness (QED) is 0.280. The van der Waals surface area contributed by atoms with E-state index in [4.69, 9.17) is 11.6 Å². The highest BCUT2D eigenvalue weighted by atomic mass is 35.5. The lowest BCUT2D eigenvalue weighted by Gasteiger charge is -2.38. The van der Waals surface area contributed by atoms with Gasteiger partial charge in [-0.05, 0) is 69.7 Å². The first kappa shape index (κ1) is 31.0. The standard InChI is InChI=1S/C17H21NO2.C16H18ClNO2/c1-13(2)12-17(3)10-7-11-18(16(17)20)15(19)14-8-5-4-6-9-14;1-12(17)11-16(2)9-6-10-18(15(16)20)14(19)13-7-4-3-5-8-13/h4-6,8-9H,1,7,10-12H2,2-3H3;3-5,7-8H,1,6,9-11H2,2H3/t17-;16-/m00/s1. The molecule has 2 atom stereocenters. The van der Waals surface area contributed by atoms with Gasteiger partial charge in [0, 0.05) is 29.2 Å². The summed E-state index contributed by atoms with van der Waals surface area (Å²) in [5, 5.41) is 0.454. The minimum absolute atomic E-state index is 0.0689. The second-order valence-electron chi connectivity index (χ2n) is 11.4. The summed E-state index contributed by atoms with van der Waals surface area (Å²) in [4.78, 5) is 52.9. The summed E-state index contributed by atoms with van der Waals surface area (Å²) >= 11 is 5.86. The van der Waals surface area contributed by atoms with Crippen LogP contribution in [0.1, 0.15) is 80.0 Å². The molecule has 2 fully saturated rings. The van der Waals surface area contributed by atoms with E-state index in [1.54, 1.807) is 36.4 Å². The number of rotatable bonds is 6. The highest BCUT2D eigenvalue weighted by molar-refractivity contribution is 6.29. The maximum absolute atomic E-state index is 12.7. The molecular formula is C33H39ClN2O4. The Morgan fingerprint density at radius 2 is 1.12 bits per heavy atom. The summed E-state index contributed by atoms with van der Waals surface area (Å²) in [6.07, 6.45) is 4.25. The van der Waals surface area contributed by atoms with E-state index in [-0.39, 0.29) is 23.6 Å². The van der Waals surface area contributed by atoms with Crippen molar-refractivity contribution in [3.8, 4) is 0 Å². The summed E-state index contributed by atoms with van der Waals surface area (Å²) in [6, 6.07) is 17.9. The van der Waals surface area contributed by atoms with E-state index in [2.05, 4.69) is 13.2 Å². The van der Waals surface area contributed by atoms with Gasteiger partial charge in [-0.25, -0.2) is 0 Å². The number of hydrogen-bond donors (Lipinski definition) is 0. The predicted octanol–water partition coefficient (Wildman–Crippen LogP) is 7.02. The van der Waals surface area contributed by atoms with Crippen molar-refractivity contribution in [2.75, 3.05) is 13.1 Å². The van der Waals surface area contributed by atoms with Gasteiger partial charge in [0.15, 0.2) is 0 Å². The molecular weight excluding hydrogens is 524 g/mol. The SMILES string of the molecule is C=C(C)C[C@]1(C)CCCN(C(=O)c2ccccc2)C1=O.C=C(Cl)C[C@]1(C)CCCN(C(=O)c2ccccc2)C1=O. The lowest BCUT2D eigenvalue weighted by atomic mass is 9.76. The number of hydrogen-bond acceptors (Lipinski definition) is 4. The number of imide groups is 2. The molecule has 2 aliphatic heterocycles. The first-order chi connectivity index (χ1) is 18.9. The molecule has 4 amide bonds. The van der Waals surface area contributed by atoms with E-state index < -0.39 is 10.8 Å². The Morgan fingerprint density at radius 1 is 0.750 bits per heavy atom. The molecule has 0 aliphatic carbocycles. The summed E-state index contributed by atoms with van der Waals surface area (Å²) in [6.45, 7) is 14.3. The Morgan fingerprint density at radius 3 is 1.48 bits per heavy atom. The van der Waals surface area contributed by atoms with Gasteiger partial charge in [0.1, 0.15) is 0 Å². The monoisotopic (exact) mass is 562 g/mol. The van der Waals surface area contributed by atoms with Crippen molar-refractivity contribution >= 4 is 35.2 Å². The number of halogens is 1. The van der Waals surface area contributed by atoms with Gasteiger partial charge in [0.05, 0.1) is 10.8 Å². The molecule has 4 rings (SSSR count). The maximum Gasteiger partial charge on any atom is 0.260 e. The van der Waals surface area contributed by atoms with Gasteiger partial charge in [-0.1, -0.05) is 74.0 Å². The number of carbonyl (C=O) groups is 4. The van der Waals surface area contributed by atoms with E-state index in [0.29, 0.717) is 42.1 Å². The van der Waals surface area contributed by atoms with Crippen LogP contribution >= 0.6 is 11.6 Å². The van der Waals surface area contributed by atoms with Gasteiger partial charge >= 0.3 is 0 Å². The van der Waals surface area contributed by atoms with E-state index in [9.17, 15) is 19.2 Å². The average Bonchev–Trinajstić information content (AvgIpc) is 2.92. The van der Waals surface area contributed by atoms with Crippen molar-refractivity contribution in [2.24, 2.45) is 10.8 Å². The van der Waals surface area contributed by atoms with Crippen LogP contribution in [0.5, 0.6) is 0 Å². The van der Waals surface area contributed by atoms with Crippen LogP contribution in [0.4, 0.5) is 0 Å². The summed E-state index contributed by atoms with van der Waals surface area (Å²) < 4.78 is 0. The molecule has 40 heavy (non-hydrogen) atoms. The fraction of sp³-hybridized carbons (Fsp3) is 0.394. The molecule has 0 saturated carbocycles. The molecule has 212 valence electrons. The third kappa shape index (κ3) is 7.36. The normalized spacial score (nSPS) is 22.7. The first-order valence-corrected chi connectivity index (χ1v) is 14.1. The van der Waals surface area contributed by atoms with Gasteiger partial charge in [0.2, 0.25) is 11.8 Å². The fourth-order valence-corrected chi connectivity index (χ4v) is 5.90. The second kappa shape index (κ2) is 13.2. The molecule has 0 radical (unpaired) electrons. The van der Waals surface area contributed by atoms with Gasteiger partial charge < -0.3 is 0 Å². The lowest BCUT2D eigenvalue weighted by molar-refractivity contribution is -0.142. The summed E-state index contributed by atoms with van der Waals surface area (Å²) in [5.41, 5.74) is 0.973. The van der Waals surface area contributed by atoms with Crippen molar-refractivity contribution in [3.63, 3.8) is 0 Å². The van der Waals surface area contributed by atoms with Crippen molar-refractivity contribution in [3.05, 3.63) is 95.6 Å². The molecule has 0 unspecified atom stereocenters. The molecule has 0 N–H and O–H groups in total. The molecule has 2 aromatic carbocycles. The van der Waals surface area contributed by atoms with Gasteiger partial charge in [-0.3, -0.25) is 29.0 Å². The Labute approximate surface area is 242 Å². The average molecular weight is 563 g/mol. The Bertz CT molecular complexity index is 1180. The van der Waals surface area contributed by atoms with Gasteiger partial charge in [-0.15, -0.1) is 6.58 Å². The third-order valence-corrected chi connectivity index (χ3v) is 7.68. The zero-order valence-corrected chi connectivity index (χ0v) is 24.5. The summed E-state index contributed by atoms with van der Waals surface area (Å²) in [7, 11) is 0. The zero-order chi connectivity index (χ0) is 29.5. The topological polar surface area (TPSA) is 74.8 Å². The third-order valence-electron chi connectivity index (χ3n) is 7.55. The molecule has 0 bridgehead atoms. The number of likely N-dealkylation sites (tertiary alicyclic amines) is 2. The number of carbonyl (C=O) groups excluding carboxylic acids is 4. The molecule has 0 aromatic heterocycles. The minimum Gasteiger partial charge on any atom is -0.278 e. The Hall–Kier alpha value is -3.51. The smallest absolute Gasteiger partial charge is 0.260 e. The molecule has 6 nitrogen and oxygen atoms in total. The van der Waals surface area contributed by atoms with E-state index in [1.165, 1.54) is 9.80 Å². The van der Waals surface area contributed by atoms with E-state index in [1.807, 2.05) is 45.0 Å². The van der Waals surface area contributed by atoms with Gasteiger partial charge in [0.25, 0.3) is 11.8 Å². The van der Waals surface area contributed by atoms with Crippen LogP contribution in [0.25, 0.3) is 0 Å². The number of piperidine rings is 2. The first-order valence-electron chi connectivity index (χ1n) is 13.7. The van der Waals surface area contributed by atoms with Crippen LogP contribution in [0.3, 0.4) is 0 Å². The van der Waals surface area contributed by atoms with Crippen LogP contribution < -0.4 is 0 Å². The Balaban J connectivity index is 0.000000220. The molecule has 2 aliphatic rings. The predicted molar refractivity (Wildman–Crippen MR) is 159 cm³/mol. The van der Waals surface area contributed by atoms with Crippen LogP contribution in [-0.2, 0) is 9.59 Å². The van der Waals surface area contributed by atoms with Crippen LogP contribution in [-0.4, -0.2) is 46.5 Å². The Kier molecular flexibility index (Phi) is 10.3. The van der Waals surface area contributed by atoms with Crippen molar-refractivity contribution in [1.29, 1.82) is 0 Å². The zero-order valence-electron chi connectivity index (χ0n) is 23.7. The molecule has 0 spiro atoms. The molecule has 2 saturated heterocycles. The molecule has 2 aromatic rings. The molecule has 2 heterocycles. The van der Waals surface area contributed by atoms with Crippen LogP contribution in [0, 0.1) is 10.8 Å². The lowest BCUT2D eigenvalue weighted by Crippen LogP contribution is -2.50. The fourth-order valence-electron chi connectivity index (χ4n) is 5.60. The number of benzene rings is 2. The van der Waals surface area contributed by atoms with Crippen molar-refractivity contribution in [2.45, 2.75) is 59.3 Å². The van der Waals surface area contributed by atoms with Gasteiger partial charge in [-0.2, -0.15) is 0 Å². The maximum atomic E-state index is 12.7. The van der Waals surface area contributed by atoms with Crippen molar-refractivity contribution < 1.29 is 19.2 Å². The number of allylic oxidation sites excluding steroid dienone is 2. The van der Waals surface area contributed by atoms with Crippen LogP contribution in [0.15, 0.2) is 84.4 Å². The largest absolute Gasteiger partial charge is 0.278 e. The van der Waals surface area contributed by atoms with Crippen molar-refractivity contribution in [1.82, 2.24) is 9.80 Å². The number of nitrogens with zero attached hydrogens (tertiary/aromatic N) is 2. The minimum atomic E-state index is -0.623. The highest BCUT2D eigenvalue weighted by Crippen LogP contribution is 2.38. The highest BCUT2D eigenvalue weighted by Gasteiger charge is 2.43. The molecule has 7 heteroatoms. The second-order valence-corrected chi connectivity index (χ2v) is 11.9. The van der Waals surface area contributed by atoms with E-state index in [0.717, 1.165) is 31.3 Å². The van der Waals surface area contributed by atoms with E-state index >= 15 is 0 Å².